The number of amides is 3. The van der Waals surface area contributed by atoms with Crippen LogP contribution in [0.15, 0.2) is 36.5 Å². The van der Waals surface area contributed by atoms with Crippen LogP contribution < -0.4 is 10.1 Å². The Kier molecular flexibility index (Phi) is 11.6. The van der Waals surface area contributed by atoms with Crippen LogP contribution in [0.5, 0.6) is 5.75 Å². The van der Waals surface area contributed by atoms with Gasteiger partial charge in [-0.25, -0.2) is 4.79 Å². The van der Waals surface area contributed by atoms with Crippen molar-refractivity contribution in [3.63, 3.8) is 0 Å². The first-order valence-corrected chi connectivity index (χ1v) is 16.0. The van der Waals surface area contributed by atoms with E-state index in [0.29, 0.717) is 55.2 Å². The summed E-state index contributed by atoms with van der Waals surface area (Å²) in [5.74, 6) is 0.803. The Hall–Kier alpha value is -2.59. The van der Waals surface area contributed by atoms with Crippen molar-refractivity contribution in [2.45, 2.75) is 76.0 Å². The largest absolute Gasteiger partial charge is 0.490 e. The van der Waals surface area contributed by atoms with Crippen molar-refractivity contribution >= 4 is 35.1 Å². The van der Waals surface area contributed by atoms with E-state index < -0.39 is 11.6 Å². The Labute approximate surface area is 265 Å². The van der Waals surface area contributed by atoms with Crippen LogP contribution in [0.25, 0.3) is 0 Å². The Balaban J connectivity index is 1.45. The minimum Gasteiger partial charge on any atom is -0.490 e. The molecular formula is C32H45Cl2N5O4. The molecule has 1 aromatic heterocycles. The number of β-amino-alcohol motifs (C(OH)–C–C–N with tert-alkyl or cyclic N) is 1. The zero-order chi connectivity index (χ0) is 31.1. The Bertz CT molecular complexity index is 1250. The molecule has 2 aromatic rings. The van der Waals surface area contributed by atoms with Crippen LogP contribution in [-0.4, -0.2) is 101 Å². The van der Waals surface area contributed by atoms with Crippen molar-refractivity contribution in [3.05, 3.63) is 57.8 Å². The molecule has 1 aromatic carbocycles. The lowest BCUT2D eigenvalue weighted by molar-refractivity contribution is -0.134. The second-order valence-electron chi connectivity index (χ2n) is 12.3. The molecule has 1 unspecified atom stereocenters. The molecule has 2 saturated heterocycles. The molecule has 2 N–H and O–H groups in total. The number of benzene rings is 1. The topological polar surface area (TPSA) is 98.2 Å². The van der Waals surface area contributed by atoms with Crippen LogP contribution >= 0.6 is 23.2 Å². The molecule has 236 valence electrons. The van der Waals surface area contributed by atoms with Gasteiger partial charge in [0.25, 0.3) is 0 Å². The van der Waals surface area contributed by atoms with Crippen molar-refractivity contribution in [3.8, 4) is 5.75 Å². The molecule has 3 heterocycles. The van der Waals surface area contributed by atoms with Gasteiger partial charge in [-0.3, -0.25) is 9.78 Å². The molecule has 9 nitrogen and oxygen atoms in total. The molecule has 11 heteroatoms. The number of pyridine rings is 1. The average molecular weight is 635 g/mol. The lowest BCUT2D eigenvalue weighted by Crippen LogP contribution is -2.57. The summed E-state index contributed by atoms with van der Waals surface area (Å²) in [5.41, 5.74) is 0.704. The second-order valence-corrected chi connectivity index (χ2v) is 13.1. The number of hydrogen-bond acceptors (Lipinski definition) is 6. The van der Waals surface area contributed by atoms with Gasteiger partial charge in [-0.05, 0) is 83.0 Å². The summed E-state index contributed by atoms with van der Waals surface area (Å²) in [4.78, 5) is 37.5. The fraction of sp³-hybridized carbons (Fsp3) is 0.594. The summed E-state index contributed by atoms with van der Waals surface area (Å²) in [6.45, 7) is 6.28. The van der Waals surface area contributed by atoms with Crippen LogP contribution in [0.3, 0.4) is 0 Å². The molecule has 2 aliphatic rings. The Morgan fingerprint density at radius 1 is 1.19 bits per heavy atom. The molecule has 0 bridgehead atoms. The number of ether oxygens (including phenoxy) is 1. The summed E-state index contributed by atoms with van der Waals surface area (Å²) in [5, 5.41) is 14.4. The number of halogens is 2. The Morgan fingerprint density at radius 3 is 2.58 bits per heavy atom. The summed E-state index contributed by atoms with van der Waals surface area (Å²) in [6, 6.07) is 8.15. The van der Waals surface area contributed by atoms with Gasteiger partial charge in [-0.1, -0.05) is 36.2 Å². The van der Waals surface area contributed by atoms with E-state index in [1.807, 2.05) is 17.0 Å². The van der Waals surface area contributed by atoms with Crippen molar-refractivity contribution in [1.29, 1.82) is 0 Å². The molecule has 2 fully saturated rings. The van der Waals surface area contributed by atoms with Gasteiger partial charge in [-0.2, -0.15) is 0 Å². The molecule has 4 rings (SSSR count). The van der Waals surface area contributed by atoms with Gasteiger partial charge < -0.3 is 29.9 Å². The normalized spacial score (nSPS) is 21.0. The minimum atomic E-state index is -0.950. The number of carbonyl (C=O) groups excluding carboxylic acids is 2. The fourth-order valence-corrected chi connectivity index (χ4v) is 6.47. The quantitative estimate of drug-likeness (QED) is 0.383. The minimum absolute atomic E-state index is 0.157. The van der Waals surface area contributed by atoms with E-state index in [1.165, 1.54) is 0 Å². The summed E-state index contributed by atoms with van der Waals surface area (Å²) in [7, 11) is 4.11. The van der Waals surface area contributed by atoms with E-state index in [2.05, 4.69) is 36.2 Å². The van der Waals surface area contributed by atoms with Gasteiger partial charge in [0, 0.05) is 54.3 Å². The van der Waals surface area contributed by atoms with Gasteiger partial charge in [0.05, 0.1) is 17.8 Å². The van der Waals surface area contributed by atoms with Crippen molar-refractivity contribution in [2.24, 2.45) is 0 Å². The number of rotatable bonds is 10. The number of urea groups is 1. The zero-order valence-electron chi connectivity index (χ0n) is 25.7. The van der Waals surface area contributed by atoms with Crippen LogP contribution in [0.4, 0.5) is 4.79 Å². The summed E-state index contributed by atoms with van der Waals surface area (Å²) in [6.07, 6.45) is 5.81. The van der Waals surface area contributed by atoms with Crippen molar-refractivity contribution < 1.29 is 19.4 Å². The maximum atomic E-state index is 13.9. The Morgan fingerprint density at radius 2 is 1.93 bits per heavy atom. The average Bonchev–Trinajstić information content (AvgIpc) is 2.97. The zero-order valence-corrected chi connectivity index (χ0v) is 27.2. The standard InChI is InChI=1S/C32H45Cl2N5O4/c1-5-25(37(3)4)20-43-28-8-6-14-35-29(28)22-11-16-38(17-12-22)30(40)27(18-23-9-10-24(33)19-26(23)34)36-31(41)39-15-7-13-32(2,42)21-39/h6,8-10,14,19,22,25,27,42H,5,7,11-13,15-18,20-21H2,1-4H3,(H,36,41)/t25-,27-,32?/m1/s1. The number of piperidine rings is 2. The maximum absolute atomic E-state index is 13.9. The monoisotopic (exact) mass is 633 g/mol. The first-order valence-electron chi connectivity index (χ1n) is 15.2. The molecule has 2 aliphatic heterocycles. The van der Waals surface area contributed by atoms with Gasteiger partial charge in [-0.15, -0.1) is 0 Å². The fourth-order valence-electron chi connectivity index (χ4n) is 5.98. The number of aliphatic hydroxyl groups is 1. The lowest BCUT2D eigenvalue weighted by atomic mass is 9.91. The highest BCUT2D eigenvalue weighted by atomic mass is 35.5. The van der Waals surface area contributed by atoms with Gasteiger partial charge in [0.1, 0.15) is 18.4 Å². The van der Waals surface area contributed by atoms with Gasteiger partial charge in [0.2, 0.25) is 5.91 Å². The molecule has 0 spiro atoms. The molecular weight excluding hydrogens is 589 g/mol. The van der Waals surface area contributed by atoms with Crippen molar-refractivity contribution in [2.75, 3.05) is 46.9 Å². The van der Waals surface area contributed by atoms with Crippen LogP contribution in [0.1, 0.15) is 63.1 Å². The first-order chi connectivity index (χ1) is 20.5. The number of likely N-dealkylation sites (tertiary alicyclic amines) is 2. The van der Waals surface area contributed by atoms with Crippen molar-refractivity contribution in [1.82, 2.24) is 25.0 Å². The van der Waals surface area contributed by atoms with E-state index in [1.54, 1.807) is 36.2 Å². The predicted octanol–water partition coefficient (Wildman–Crippen LogP) is 4.98. The third-order valence-corrected chi connectivity index (χ3v) is 9.21. The van der Waals surface area contributed by atoms with Crippen LogP contribution in [0.2, 0.25) is 10.0 Å². The number of nitrogens with one attached hydrogen (secondary N) is 1. The molecule has 0 saturated carbocycles. The second kappa shape index (κ2) is 14.9. The number of nitrogens with zero attached hydrogens (tertiary/aromatic N) is 4. The van der Waals surface area contributed by atoms with E-state index in [0.717, 1.165) is 36.3 Å². The highest BCUT2D eigenvalue weighted by Gasteiger charge is 2.35. The van der Waals surface area contributed by atoms with Gasteiger partial charge in [0.15, 0.2) is 0 Å². The predicted molar refractivity (Wildman–Crippen MR) is 170 cm³/mol. The van der Waals surface area contributed by atoms with Crippen LogP contribution in [-0.2, 0) is 11.2 Å². The lowest BCUT2D eigenvalue weighted by Gasteiger charge is -2.38. The maximum Gasteiger partial charge on any atom is 0.318 e. The number of likely N-dealkylation sites (N-methyl/N-ethyl adjacent to an activating group) is 1. The van der Waals surface area contributed by atoms with E-state index in [4.69, 9.17) is 27.9 Å². The molecule has 3 amide bonds. The summed E-state index contributed by atoms with van der Waals surface area (Å²) >= 11 is 12.6. The number of carbonyl (C=O) groups is 2. The smallest absolute Gasteiger partial charge is 0.318 e. The SMILES string of the molecule is CC[C@H](COc1cccnc1C1CCN(C(=O)[C@@H](Cc2ccc(Cl)cc2Cl)NC(=O)N2CCCC(C)(O)C2)CC1)N(C)C. The highest BCUT2D eigenvalue weighted by molar-refractivity contribution is 6.35. The van der Waals surface area contributed by atoms with E-state index in [9.17, 15) is 14.7 Å². The summed E-state index contributed by atoms with van der Waals surface area (Å²) < 4.78 is 6.24. The van der Waals surface area contributed by atoms with Crippen LogP contribution in [0, 0.1) is 0 Å². The number of hydrogen-bond donors (Lipinski definition) is 2. The van der Waals surface area contributed by atoms with E-state index >= 15 is 0 Å². The third-order valence-electron chi connectivity index (χ3n) is 8.62. The molecule has 3 atom stereocenters. The first kappa shape index (κ1) is 33.3. The van der Waals surface area contributed by atoms with E-state index in [-0.39, 0.29) is 30.8 Å². The molecule has 43 heavy (non-hydrogen) atoms. The molecule has 0 radical (unpaired) electrons. The highest BCUT2D eigenvalue weighted by Crippen LogP contribution is 2.33. The molecule has 0 aliphatic carbocycles. The third kappa shape index (κ3) is 8.97. The van der Waals surface area contributed by atoms with Gasteiger partial charge >= 0.3 is 6.03 Å². The number of aromatic nitrogens is 1.